The van der Waals surface area contributed by atoms with Crippen LogP contribution in [0.3, 0.4) is 0 Å². The standard InChI is InChI=1S/C7H9F2NO3/c8-4(9)5(11)10-3-7(1-2-7)6(12)13/h4H,1-3H2,(H,10,11)(H,12,13). The Labute approximate surface area is 72.9 Å². The molecule has 2 N–H and O–H groups in total. The number of halogens is 2. The fourth-order valence-electron chi connectivity index (χ4n) is 0.951. The van der Waals surface area contributed by atoms with Crippen LogP contribution in [0, 0.1) is 5.41 Å². The first-order chi connectivity index (χ1) is 5.98. The van der Waals surface area contributed by atoms with Crippen LogP contribution in [-0.2, 0) is 9.59 Å². The molecular formula is C7H9F2NO3. The zero-order chi connectivity index (χ0) is 10.1. The Bertz CT molecular complexity index is 238. The number of aliphatic carboxylic acids is 1. The van der Waals surface area contributed by atoms with Crippen molar-refractivity contribution in [3.63, 3.8) is 0 Å². The van der Waals surface area contributed by atoms with Gasteiger partial charge in [0.05, 0.1) is 5.41 Å². The van der Waals surface area contributed by atoms with E-state index in [4.69, 9.17) is 5.11 Å². The van der Waals surface area contributed by atoms with E-state index in [1.165, 1.54) is 0 Å². The first kappa shape index (κ1) is 9.88. The average molecular weight is 193 g/mol. The molecule has 0 atom stereocenters. The number of hydrogen-bond acceptors (Lipinski definition) is 2. The number of hydrogen-bond donors (Lipinski definition) is 2. The predicted octanol–water partition coefficient (Wildman–Crippen LogP) is 0.232. The molecule has 1 saturated carbocycles. The summed E-state index contributed by atoms with van der Waals surface area (Å²) in [6, 6.07) is 0. The van der Waals surface area contributed by atoms with Gasteiger partial charge in [0.15, 0.2) is 0 Å². The summed E-state index contributed by atoms with van der Waals surface area (Å²) in [6.45, 7) is -0.203. The molecule has 1 rings (SSSR count). The fourth-order valence-corrected chi connectivity index (χ4v) is 0.951. The molecule has 0 spiro atoms. The Morgan fingerprint density at radius 1 is 1.46 bits per heavy atom. The minimum Gasteiger partial charge on any atom is -0.481 e. The molecule has 74 valence electrons. The normalized spacial score (nSPS) is 18.4. The molecule has 0 heterocycles. The van der Waals surface area contributed by atoms with Gasteiger partial charge in [-0.3, -0.25) is 9.59 Å². The highest BCUT2D eigenvalue weighted by molar-refractivity contribution is 5.82. The lowest BCUT2D eigenvalue weighted by Crippen LogP contribution is -2.37. The van der Waals surface area contributed by atoms with E-state index in [9.17, 15) is 18.4 Å². The van der Waals surface area contributed by atoms with E-state index in [1.807, 2.05) is 5.32 Å². The molecule has 4 nitrogen and oxygen atoms in total. The van der Waals surface area contributed by atoms with Gasteiger partial charge in [-0.1, -0.05) is 0 Å². The van der Waals surface area contributed by atoms with Crippen LogP contribution in [0.5, 0.6) is 0 Å². The van der Waals surface area contributed by atoms with Crippen LogP contribution in [0.25, 0.3) is 0 Å². The van der Waals surface area contributed by atoms with Gasteiger partial charge in [-0.15, -0.1) is 0 Å². The third-order valence-corrected chi connectivity index (χ3v) is 2.11. The number of carbonyl (C=O) groups is 2. The Morgan fingerprint density at radius 2 is 2.00 bits per heavy atom. The van der Waals surface area contributed by atoms with E-state index in [1.54, 1.807) is 0 Å². The van der Waals surface area contributed by atoms with Crippen molar-refractivity contribution in [3.8, 4) is 0 Å². The van der Waals surface area contributed by atoms with Crippen LogP contribution in [-0.4, -0.2) is 30.0 Å². The molecule has 1 aliphatic carbocycles. The Hall–Kier alpha value is -1.20. The molecular weight excluding hydrogens is 184 g/mol. The molecule has 0 unspecified atom stereocenters. The van der Waals surface area contributed by atoms with Crippen LogP contribution in [0.1, 0.15) is 12.8 Å². The topological polar surface area (TPSA) is 66.4 Å². The van der Waals surface area contributed by atoms with Gasteiger partial charge >= 0.3 is 12.4 Å². The summed E-state index contributed by atoms with van der Waals surface area (Å²) >= 11 is 0. The largest absolute Gasteiger partial charge is 0.481 e. The Balaban J connectivity index is 2.35. The molecule has 1 amide bonds. The zero-order valence-electron chi connectivity index (χ0n) is 6.72. The summed E-state index contributed by atoms with van der Waals surface area (Å²) in [4.78, 5) is 20.9. The molecule has 1 aliphatic rings. The van der Waals surface area contributed by atoms with Crippen molar-refractivity contribution >= 4 is 11.9 Å². The molecule has 13 heavy (non-hydrogen) atoms. The third kappa shape index (κ3) is 2.13. The van der Waals surface area contributed by atoms with Crippen molar-refractivity contribution in [1.29, 1.82) is 0 Å². The van der Waals surface area contributed by atoms with E-state index in [0.717, 1.165) is 0 Å². The summed E-state index contributed by atoms with van der Waals surface area (Å²) in [5.74, 6) is -2.45. The predicted molar refractivity (Wildman–Crippen MR) is 38.3 cm³/mol. The van der Waals surface area contributed by atoms with Gasteiger partial charge in [-0.25, -0.2) is 0 Å². The van der Waals surface area contributed by atoms with E-state index in [-0.39, 0.29) is 6.54 Å². The van der Waals surface area contributed by atoms with Gasteiger partial charge in [0.25, 0.3) is 5.91 Å². The molecule has 0 radical (unpaired) electrons. The fraction of sp³-hybridized carbons (Fsp3) is 0.714. The molecule has 0 bridgehead atoms. The van der Waals surface area contributed by atoms with Crippen molar-refractivity contribution in [2.24, 2.45) is 5.41 Å². The average Bonchev–Trinajstić information content (AvgIpc) is 2.80. The maximum Gasteiger partial charge on any atom is 0.315 e. The van der Waals surface area contributed by atoms with Crippen molar-refractivity contribution in [3.05, 3.63) is 0 Å². The van der Waals surface area contributed by atoms with Gasteiger partial charge < -0.3 is 10.4 Å². The smallest absolute Gasteiger partial charge is 0.315 e. The van der Waals surface area contributed by atoms with Crippen molar-refractivity contribution in [1.82, 2.24) is 5.32 Å². The second kappa shape index (κ2) is 3.27. The maximum atomic E-state index is 11.7. The Kier molecular flexibility index (Phi) is 2.49. The second-order valence-electron chi connectivity index (χ2n) is 3.10. The molecule has 0 aromatic carbocycles. The molecule has 0 aromatic heterocycles. The minimum absolute atomic E-state index is 0.203. The first-order valence-electron chi connectivity index (χ1n) is 3.77. The first-order valence-corrected chi connectivity index (χ1v) is 3.77. The van der Waals surface area contributed by atoms with Crippen LogP contribution in [0.2, 0.25) is 0 Å². The van der Waals surface area contributed by atoms with Crippen LogP contribution < -0.4 is 5.32 Å². The monoisotopic (exact) mass is 193 g/mol. The quantitative estimate of drug-likeness (QED) is 0.671. The molecule has 0 saturated heterocycles. The maximum absolute atomic E-state index is 11.7. The van der Waals surface area contributed by atoms with Gasteiger partial charge in [-0.2, -0.15) is 8.78 Å². The summed E-state index contributed by atoms with van der Waals surface area (Å²) in [7, 11) is 0. The number of amides is 1. The highest BCUT2D eigenvalue weighted by atomic mass is 19.3. The lowest BCUT2D eigenvalue weighted by Gasteiger charge is -2.10. The minimum atomic E-state index is -3.08. The van der Waals surface area contributed by atoms with Crippen molar-refractivity contribution in [2.75, 3.05) is 6.54 Å². The van der Waals surface area contributed by atoms with Crippen molar-refractivity contribution < 1.29 is 23.5 Å². The van der Waals surface area contributed by atoms with E-state index < -0.39 is 23.7 Å². The Morgan fingerprint density at radius 3 is 2.31 bits per heavy atom. The van der Waals surface area contributed by atoms with Gasteiger partial charge in [0, 0.05) is 6.54 Å². The summed E-state index contributed by atoms with van der Waals surface area (Å²) < 4.78 is 23.3. The second-order valence-corrected chi connectivity index (χ2v) is 3.10. The van der Waals surface area contributed by atoms with Crippen LogP contribution >= 0.6 is 0 Å². The van der Waals surface area contributed by atoms with E-state index in [2.05, 4.69) is 0 Å². The van der Waals surface area contributed by atoms with E-state index in [0.29, 0.717) is 12.8 Å². The lowest BCUT2D eigenvalue weighted by molar-refractivity contribution is -0.143. The summed E-state index contributed by atoms with van der Waals surface area (Å²) in [5.41, 5.74) is -0.982. The highest BCUT2D eigenvalue weighted by Crippen LogP contribution is 2.45. The molecule has 0 aromatic rings. The highest BCUT2D eigenvalue weighted by Gasteiger charge is 2.50. The molecule has 1 fully saturated rings. The number of alkyl halides is 2. The SMILES string of the molecule is O=C(NCC1(C(=O)O)CC1)C(F)F. The third-order valence-electron chi connectivity index (χ3n) is 2.11. The number of carboxylic acids is 1. The summed E-state index contributed by atoms with van der Waals surface area (Å²) in [5, 5.41) is 10.5. The van der Waals surface area contributed by atoms with Crippen LogP contribution in [0.15, 0.2) is 0 Å². The molecule has 0 aliphatic heterocycles. The zero-order valence-corrected chi connectivity index (χ0v) is 6.72. The van der Waals surface area contributed by atoms with E-state index >= 15 is 0 Å². The van der Waals surface area contributed by atoms with Gasteiger partial charge in [-0.05, 0) is 12.8 Å². The van der Waals surface area contributed by atoms with Crippen molar-refractivity contribution in [2.45, 2.75) is 19.3 Å². The van der Waals surface area contributed by atoms with Crippen LogP contribution in [0.4, 0.5) is 8.78 Å². The lowest BCUT2D eigenvalue weighted by atomic mass is 10.1. The number of rotatable bonds is 4. The summed E-state index contributed by atoms with van der Waals surface area (Å²) in [6.07, 6.45) is -2.21. The number of carboxylic acid groups (broad SMARTS) is 1. The molecule has 6 heteroatoms. The van der Waals surface area contributed by atoms with Gasteiger partial charge in [0.1, 0.15) is 0 Å². The number of nitrogens with one attached hydrogen (secondary N) is 1. The number of carbonyl (C=O) groups excluding carboxylic acids is 1. The van der Waals surface area contributed by atoms with Gasteiger partial charge in [0.2, 0.25) is 0 Å².